The monoisotopic (exact) mass is 581 g/mol. The Morgan fingerprint density at radius 2 is 1.67 bits per heavy atom. The summed E-state index contributed by atoms with van der Waals surface area (Å²) >= 11 is 6.22. The molecule has 7 nitrogen and oxygen atoms in total. The molecule has 0 unspecified atom stereocenters. The highest BCUT2D eigenvalue weighted by Crippen LogP contribution is 2.37. The molecule has 0 saturated heterocycles. The van der Waals surface area contributed by atoms with Gasteiger partial charge in [0, 0.05) is 13.6 Å². The number of carbonyl (C=O) groups is 2. The number of halogens is 4. The molecule has 0 radical (unpaired) electrons. The predicted molar refractivity (Wildman–Crippen MR) is 143 cm³/mol. The first-order chi connectivity index (χ1) is 18.3. The second kappa shape index (κ2) is 12.1. The highest BCUT2D eigenvalue weighted by Gasteiger charge is 2.36. The highest BCUT2D eigenvalue weighted by molar-refractivity contribution is 7.92. The van der Waals surface area contributed by atoms with Crippen LogP contribution in [0.25, 0.3) is 0 Å². The average molecular weight is 582 g/mol. The fourth-order valence-corrected chi connectivity index (χ4v) is 5.63. The van der Waals surface area contributed by atoms with Crippen LogP contribution in [0, 0.1) is 6.92 Å². The van der Waals surface area contributed by atoms with Crippen molar-refractivity contribution in [3.63, 3.8) is 0 Å². The maximum Gasteiger partial charge on any atom is 0.416 e. The number of hydrogen-bond acceptors (Lipinski definition) is 4. The van der Waals surface area contributed by atoms with E-state index in [0.717, 1.165) is 17.7 Å². The summed E-state index contributed by atoms with van der Waals surface area (Å²) in [5, 5.41) is 2.16. The number of carbonyl (C=O) groups excluding carboxylic acids is 2. The van der Waals surface area contributed by atoms with Crippen LogP contribution in [0.2, 0.25) is 5.02 Å². The normalized spacial score (nSPS) is 12.5. The van der Waals surface area contributed by atoms with Crippen molar-refractivity contribution in [2.45, 2.75) is 37.5 Å². The first-order valence-electron chi connectivity index (χ1n) is 11.8. The fraction of sp³-hybridized carbons (Fsp3) is 0.259. The minimum Gasteiger partial charge on any atom is -0.357 e. The molecule has 208 valence electrons. The Morgan fingerprint density at radius 3 is 2.26 bits per heavy atom. The summed E-state index contributed by atoms with van der Waals surface area (Å²) in [6.07, 6.45) is -4.80. The third kappa shape index (κ3) is 7.10. The number of nitrogens with zero attached hydrogens (tertiary/aromatic N) is 2. The van der Waals surface area contributed by atoms with E-state index in [-0.39, 0.29) is 16.5 Å². The Balaban J connectivity index is 2.13. The summed E-state index contributed by atoms with van der Waals surface area (Å²) < 4.78 is 68.6. The summed E-state index contributed by atoms with van der Waals surface area (Å²) in [5.41, 5.74) is -0.0880. The standard InChI is InChI=1S/C27H27ClF3N3O4S/c1-18-8-7-9-20(14-18)16-33(19(2)26(36)32-3)25(35)17-34(39(37,38)22-10-5-4-6-11-22)24-15-21(27(29,30)31)12-13-23(24)28/h4-15,19H,16-17H2,1-3H3,(H,32,36)/t19-/m1/s1. The maximum atomic E-state index is 13.7. The topological polar surface area (TPSA) is 86.8 Å². The molecule has 0 heterocycles. The van der Waals surface area contributed by atoms with Gasteiger partial charge in [0.25, 0.3) is 10.0 Å². The second-order valence-electron chi connectivity index (χ2n) is 8.79. The average Bonchev–Trinajstić information content (AvgIpc) is 2.89. The predicted octanol–water partition coefficient (Wildman–Crippen LogP) is 5.03. The van der Waals surface area contributed by atoms with Crippen LogP contribution >= 0.6 is 11.6 Å². The molecule has 0 aliphatic rings. The molecule has 0 bridgehead atoms. The van der Waals surface area contributed by atoms with Crippen molar-refractivity contribution in [2.24, 2.45) is 0 Å². The molecule has 0 fully saturated rings. The van der Waals surface area contributed by atoms with E-state index in [1.807, 2.05) is 13.0 Å². The molecule has 2 amide bonds. The van der Waals surface area contributed by atoms with Crippen molar-refractivity contribution in [2.75, 3.05) is 17.9 Å². The Hall–Kier alpha value is -3.57. The van der Waals surface area contributed by atoms with Crippen molar-refractivity contribution < 1.29 is 31.2 Å². The SMILES string of the molecule is CNC(=O)[C@@H](C)N(Cc1cccc(C)c1)C(=O)CN(c1cc(C(F)(F)F)ccc1Cl)S(=O)(=O)c1ccccc1. The molecule has 0 spiro atoms. The van der Waals surface area contributed by atoms with Gasteiger partial charge >= 0.3 is 6.18 Å². The van der Waals surface area contributed by atoms with Gasteiger partial charge in [-0.3, -0.25) is 13.9 Å². The van der Waals surface area contributed by atoms with Crippen LogP contribution in [0.5, 0.6) is 0 Å². The van der Waals surface area contributed by atoms with Crippen molar-refractivity contribution in [1.29, 1.82) is 0 Å². The zero-order valence-corrected chi connectivity index (χ0v) is 22.9. The van der Waals surface area contributed by atoms with E-state index < -0.39 is 51.9 Å². The van der Waals surface area contributed by atoms with Crippen LogP contribution in [-0.2, 0) is 32.3 Å². The number of rotatable bonds is 9. The Morgan fingerprint density at radius 1 is 1.00 bits per heavy atom. The molecule has 0 aliphatic carbocycles. The third-order valence-electron chi connectivity index (χ3n) is 6.00. The summed E-state index contributed by atoms with van der Waals surface area (Å²) in [6, 6.07) is 15.3. The van der Waals surface area contributed by atoms with Gasteiger partial charge in [0.1, 0.15) is 12.6 Å². The van der Waals surface area contributed by atoms with Gasteiger partial charge in [0.2, 0.25) is 11.8 Å². The van der Waals surface area contributed by atoms with Crippen LogP contribution in [0.1, 0.15) is 23.6 Å². The van der Waals surface area contributed by atoms with Crippen LogP contribution in [0.3, 0.4) is 0 Å². The number of likely N-dealkylation sites (N-methyl/N-ethyl adjacent to an activating group) is 1. The van der Waals surface area contributed by atoms with Crippen molar-refractivity contribution in [3.8, 4) is 0 Å². The van der Waals surface area contributed by atoms with Gasteiger partial charge in [-0.2, -0.15) is 13.2 Å². The van der Waals surface area contributed by atoms with E-state index >= 15 is 0 Å². The molecule has 1 atom stereocenters. The van der Waals surface area contributed by atoms with Gasteiger partial charge in [-0.25, -0.2) is 8.42 Å². The van der Waals surface area contributed by atoms with Crippen LogP contribution in [0.4, 0.5) is 18.9 Å². The summed E-state index contributed by atoms with van der Waals surface area (Å²) in [7, 11) is -3.17. The van der Waals surface area contributed by atoms with Gasteiger partial charge in [-0.15, -0.1) is 0 Å². The molecular weight excluding hydrogens is 555 g/mol. The molecule has 12 heteroatoms. The van der Waals surface area contributed by atoms with E-state index in [2.05, 4.69) is 5.32 Å². The highest BCUT2D eigenvalue weighted by atomic mass is 35.5. The number of anilines is 1. The lowest BCUT2D eigenvalue weighted by Gasteiger charge is -2.32. The summed E-state index contributed by atoms with van der Waals surface area (Å²) in [5.74, 6) is -1.33. The fourth-order valence-electron chi connectivity index (χ4n) is 3.91. The summed E-state index contributed by atoms with van der Waals surface area (Å²) in [6.45, 7) is 2.36. The van der Waals surface area contributed by atoms with E-state index in [4.69, 9.17) is 11.6 Å². The Kier molecular flexibility index (Phi) is 9.29. The second-order valence-corrected chi connectivity index (χ2v) is 11.1. The zero-order valence-electron chi connectivity index (χ0n) is 21.4. The van der Waals surface area contributed by atoms with E-state index in [9.17, 15) is 31.2 Å². The maximum absolute atomic E-state index is 13.7. The van der Waals surface area contributed by atoms with E-state index in [0.29, 0.717) is 15.9 Å². The van der Waals surface area contributed by atoms with Crippen LogP contribution in [-0.4, -0.2) is 44.8 Å². The quantitative estimate of drug-likeness (QED) is 0.384. The number of alkyl halides is 3. The van der Waals surface area contributed by atoms with E-state index in [1.165, 1.54) is 43.1 Å². The molecule has 0 aliphatic heterocycles. The van der Waals surface area contributed by atoms with Gasteiger partial charge in [0.05, 0.1) is 21.2 Å². The largest absolute Gasteiger partial charge is 0.416 e. The lowest BCUT2D eigenvalue weighted by Crippen LogP contribution is -2.50. The van der Waals surface area contributed by atoms with Gasteiger partial charge in [-0.05, 0) is 49.7 Å². The number of benzene rings is 3. The smallest absolute Gasteiger partial charge is 0.357 e. The van der Waals surface area contributed by atoms with Crippen molar-refractivity contribution in [1.82, 2.24) is 10.2 Å². The van der Waals surface area contributed by atoms with Gasteiger partial charge < -0.3 is 10.2 Å². The lowest BCUT2D eigenvalue weighted by molar-refractivity contribution is -0.139. The molecule has 3 aromatic rings. The zero-order chi connectivity index (χ0) is 29.0. The Bertz CT molecular complexity index is 1450. The number of aryl methyl sites for hydroxylation is 1. The molecule has 39 heavy (non-hydrogen) atoms. The van der Waals surface area contributed by atoms with Gasteiger partial charge in [-0.1, -0.05) is 59.6 Å². The minimum atomic E-state index is -4.80. The van der Waals surface area contributed by atoms with Crippen molar-refractivity contribution >= 4 is 39.1 Å². The van der Waals surface area contributed by atoms with Crippen LogP contribution in [0.15, 0.2) is 77.7 Å². The lowest BCUT2D eigenvalue weighted by atomic mass is 10.1. The van der Waals surface area contributed by atoms with Crippen molar-refractivity contribution in [3.05, 3.63) is 94.5 Å². The molecule has 3 rings (SSSR count). The number of nitrogens with one attached hydrogen (secondary N) is 1. The summed E-state index contributed by atoms with van der Waals surface area (Å²) in [4.78, 5) is 27.2. The molecule has 0 aromatic heterocycles. The molecule has 1 N–H and O–H groups in total. The first-order valence-corrected chi connectivity index (χ1v) is 13.6. The Labute approximate surface area is 230 Å². The number of sulfonamides is 1. The molecule has 0 saturated carbocycles. The van der Waals surface area contributed by atoms with Gasteiger partial charge in [0.15, 0.2) is 0 Å². The molecular formula is C27H27ClF3N3O4S. The van der Waals surface area contributed by atoms with E-state index in [1.54, 1.807) is 24.3 Å². The number of amides is 2. The third-order valence-corrected chi connectivity index (χ3v) is 8.09. The number of hydrogen-bond donors (Lipinski definition) is 1. The molecule has 3 aromatic carbocycles. The van der Waals surface area contributed by atoms with Crippen LogP contribution < -0.4 is 9.62 Å². The minimum absolute atomic E-state index is 0.0509. The first kappa shape index (κ1) is 30.0.